The van der Waals surface area contributed by atoms with Crippen LogP contribution in [-0.4, -0.2) is 48.9 Å². The highest BCUT2D eigenvalue weighted by Gasteiger charge is 2.35. The lowest BCUT2D eigenvalue weighted by atomic mass is 10.1. The van der Waals surface area contributed by atoms with Gasteiger partial charge in [-0.05, 0) is 50.3 Å². The summed E-state index contributed by atoms with van der Waals surface area (Å²) in [6.45, 7) is 3.08. The number of hydrogen-bond acceptors (Lipinski definition) is 6. The zero-order chi connectivity index (χ0) is 27.9. The Morgan fingerprint density at radius 2 is 1.46 bits per heavy atom. The van der Waals surface area contributed by atoms with Crippen LogP contribution in [-0.2, 0) is 14.4 Å². The highest BCUT2D eigenvalue weighted by atomic mass is 16.5. The van der Waals surface area contributed by atoms with Gasteiger partial charge in [0, 0.05) is 16.9 Å². The van der Waals surface area contributed by atoms with Crippen LogP contribution in [0.4, 0.5) is 16.2 Å². The van der Waals surface area contributed by atoms with Crippen molar-refractivity contribution in [2.45, 2.75) is 13.8 Å². The standard InChI is InChI=1S/C29H28N4O6/c1-18-7-11-21(12-8-18)30-25(34)16-33-28(36)23(32-29(33)37)15-20-5-4-6-24(38-3)27(20)39-17-26(35)31-22-13-9-19(2)10-14-22/h4-15H,16-17H2,1-3H3,(H,30,34)(H,31,35)(H,32,37)/b23-15-. The molecule has 0 spiro atoms. The molecule has 1 aliphatic rings. The molecule has 0 bridgehead atoms. The van der Waals surface area contributed by atoms with E-state index in [9.17, 15) is 19.2 Å². The van der Waals surface area contributed by atoms with Crippen molar-refractivity contribution in [2.24, 2.45) is 0 Å². The zero-order valence-electron chi connectivity index (χ0n) is 21.7. The molecule has 1 aliphatic heterocycles. The number of urea groups is 1. The first-order chi connectivity index (χ1) is 18.7. The number of carbonyl (C=O) groups is 4. The summed E-state index contributed by atoms with van der Waals surface area (Å²) in [5, 5.41) is 7.91. The second-order valence-electron chi connectivity index (χ2n) is 8.88. The largest absolute Gasteiger partial charge is 0.493 e. The average Bonchev–Trinajstić information content (AvgIpc) is 3.17. The number of rotatable bonds is 9. The molecule has 3 N–H and O–H groups in total. The maximum absolute atomic E-state index is 13.0. The van der Waals surface area contributed by atoms with E-state index in [1.807, 2.05) is 38.1 Å². The highest BCUT2D eigenvalue weighted by molar-refractivity contribution is 6.16. The van der Waals surface area contributed by atoms with Gasteiger partial charge in [0.15, 0.2) is 18.1 Å². The number of nitrogens with one attached hydrogen (secondary N) is 3. The number of ether oxygens (including phenoxy) is 2. The fourth-order valence-electron chi connectivity index (χ4n) is 3.79. The van der Waals surface area contributed by atoms with Crippen molar-refractivity contribution in [3.63, 3.8) is 0 Å². The minimum atomic E-state index is -0.729. The molecule has 0 aliphatic carbocycles. The molecule has 0 aromatic heterocycles. The SMILES string of the molecule is COc1cccc(/C=C2\NC(=O)N(CC(=O)Nc3ccc(C)cc3)C2=O)c1OCC(=O)Nc1ccc(C)cc1. The summed E-state index contributed by atoms with van der Waals surface area (Å²) in [4.78, 5) is 51.2. The number of anilines is 2. The Labute approximate surface area is 225 Å². The molecule has 10 nitrogen and oxygen atoms in total. The minimum Gasteiger partial charge on any atom is -0.493 e. The van der Waals surface area contributed by atoms with Gasteiger partial charge in [0.25, 0.3) is 11.8 Å². The van der Waals surface area contributed by atoms with Crippen LogP contribution in [0, 0.1) is 13.8 Å². The van der Waals surface area contributed by atoms with Crippen LogP contribution in [0.2, 0.25) is 0 Å². The number of methoxy groups -OCH3 is 1. The summed E-state index contributed by atoms with van der Waals surface area (Å²) in [6.07, 6.45) is 1.41. The zero-order valence-corrected chi connectivity index (χ0v) is 21.7. The molecule has 3 aromatic rings. The number of nitrogens with zero attached hydrogens (tertiary/aromatic N) is 1. The quantitative estimate of drug-likeness (QED) is 0.286. The van der Waals surface area contributed by atoms with Gasteiger partial charge in [0.05, 0.1) is 7.11 Å². The van der Waals surface area contributed by atoms with Gasteiger partial charge in [-0.1, -0.05) is 47.5 Å². The molecule has 0 saturated carbocycles. The molecule has 1 saturated heterocycles. The van der Waals surface area contributed by atoms with E-state index < -0.39 is 24.4 Å². The summed E-state index contributed by atoms with van der Waals surface area (Å²) in [6, 6.07) is 18.7. The van der Waals surface area contributed by atoms with E-state index in [1.165, 1.54) is 13.2 Å². The number of para-hydroxylation sites is 1. The average molecular weight is 529 g/mol. The fraction of sp³-hybridized carbons (Fsp3) is 0.172. The molecule has 0 radical (unpaired) electrons. The Morgan fingerprint density at radius 3 is 2.05 bits per heavy atom. The normalized spacial score (nSPS) is 13.7. The minimum absolute atomic E-state index is 0.0506. The van der Waals surface area contributed by atoms with Gasteiger partial charge in [-0.2, -0.15) is 0 Å². The molecule has 4 rings (SSSR count). The number of carbonyl (C=O) groups excluding carboxylic acids is 4. The lowest BCUT2D eigenvalue weighted by Gasteiger charge is -2.14. The first kappa shape index (κ1) is 26.9. The molecule has 1 fully saturated rings. The van der Waals surface area contributed by atoms with Gasteiger partial charge in [-0.15, -0.1) is 0 Å². The smallest absolute Gasteiger partial charge is 0.329 e. The van der Waals surface area contributed by atoms with Crippen molar-refractivity contribution in [3.8, 4) is 11.5 Å². The fourth-order valence-corrected chi connectivity index (χ4v) is 3.79. The van der Waals surface area contributed by atoms with Crippen LogP contribution in [0.5, 0.6) is 11.5 Å². The molecule has 0 atom stereocenters. The molecule has 3 aromatic carbocycles. The number of benzene rings is 3. The van der Waals surface area contributed by atoms with Gasteiger partial charge < -0.3 is 25.4 Å². The predicted octanol–water partition coefficient (Wildman–Crippen LogP) is 3.86. The Kier molecular flexibility index (Phi) is 8.25. The number of hydrogen-bond donors (Lipinski definition) is 3. The van der Waals surface area contributed by atoms with Crippen molar-refractivity contribution >= 4 is 41.2 Å². The molecular formula is C29H28N4O6. The number of amides is 5. The van der Waals surface area contributed by atoms with Gasteiger partial charge in [-0.25, -0.2) is 9.69 Å². The van der Waals surface area contributed by atoms with Crippen LogP contribution in [0.15, 0.2) is 72.4 Å². The van der Waals surface area contributed by atoms with Gasteiger partial charge in [0.1, 0.15) is 12.2 Å². The van der Waals surface area contributed by atoms with Crippen LogP contribution in [0.3, 0.4) is 0 Å². The van der Waals surface area contributed by atoms with E-state index in [0.717, 1.165) is 16.0 Å². The van der Waals surface area contributed by atoms with E-state index in [2.05, 4.69) is 16.0 Å². The monoisotopic (exact) mass is 528 g/mol. The summed E-state index contributed by atoms with van der Waals surface area (Å²) < 4.78 is 11.2. The van der Waals surface area contributed by atoms with Crippen LogP contribution in [0.25, 0.3) is 6.08 Å². The maximum Gasteiger partial charge on any atom is 0.329 e. The topological polar surface area (TPSA) is 126 Å². The van der Waals surface area contributed by atoms with E-state index >= 15 is 0 Å². The summed E-state index contributed by atoms with van der Waals surface area (Å²) in [5.41, 5.74) is 3.62. The van der Waals surface area contributed by atoms with Crippen molar-refractivity contribution in [1.29, 1.82) is 0 Å². The lowest BCUT2D eigenvalue weighted by Crippen LogP contribution is -2.38. The van der Waals surface area contributed by atoms with E-state index in [0.29, 0.717) is 22.7 Å². The summed E-state index contributed by atoms with van der Waals surface area (Å²) in [5.74, 6) is -1.04. The molecule has 39 heavy (non-hydrogen) atoms. The van der Waals surface area contributed by atoms with Crippen LogP contribution < -0.4 is 25.4 Å². The molecule has 0 unspecified atom stereocenters. The second kappa shape index (κ2) is 12.0. The Bertz CT molecular complexity index is 1430. The molecule has 10 heteroatoms. The predicted molar refractivity (Wildman–Crippen MR) is 146 cm³/mol. The van der Waals surface area contributed by atoms with Crippen molar-refractivity contribution < 1.29 is 28.7 Å². The van der Waals surface area contributed by atoms with E-state index in [-0.39, 0.29) is 24.0 Å². The van der Waals surface area contributed by atoms with Crippen LogP contribution in [0.1, 0.15) is 16.7 Å². The Hall–Kier alpha value is -5.12. The Balaban J connectivity index is 1.45. The highest BCUT2D eigenvalue weighted by Crippen LogP contribution is 2.33. The van der Waals surface area contributed by atoms with E-state index in [1.54, 1.807) is 42.5 Å². The number of aryl methyl sites for hydroxylation is 2. The summed E-state index contributed by atoms with van der Waals surface area (Å²) in [7, 11) is 1.45. The molecular weight excluding hydrogens is 500 g/mol. The first-order valence-corrected chi connectivity index (χ1v) is 12.1. The summed E-state index contributed by atoms with van der Waals surface area (Å²) >= 11 is 0. The van der Waals surface area contributed by atoms with Crippen LogP contribution >= 0.6 is 0 Å². The van der Waals surface area contributed by atoms with Crippen molar-refractivity contribution in [2.75, 3.05) is 30.9 Å². The molecule has 5 amide bonds. The lowest BCUT2D eigenvalue weighted by molar-refractivity contribution is -0.127. The maximum atomic E-state index is 13.0. The molecule has 200 valence electrons. The van der Waals surface area contributed by atoms with Crippen molar-refractivity contribution in [3.05, 3.63) is 89.1 Å². The van der Waals surface area contributed by atoms with Crippen molar-refractivity contribution in [1.82, 2.24) is 10.2 Å². The van der Waals surface area contributed by atoms with E-state index in [4.69, 9.17) is 9.47 Å². The third kappa shape index (κ3) is 6.80. The number of imide groups is 1. The second-order valence-corrected chi connectivity index (χ2v) is 8.88. The third-order valence-electron chi connectivity index (χ3n) is 5.81. The third-order valence-corrected chi connectivity index (χ3v) is 5.81. The first-order valence-electron chi connectivity index (χ1n) is 12.1. The Morgan fingerprint density at radius 1 is 0.872 bits per heavy atom. The molecule has 1 heterocycles. The van der Waals surface area contributed by atoms with Gasteiger partial charge in [0.2, 0.25) is 5.91 Å². The van der Waals surface area contributed by atoms with Gasteiger partial charge in [-0.3, -0.25) is 14.4 Å². The van der Waals surface area contributed by atoms with Gasteiger partial charge >= 0.3 is 6.03 Å².